The Bertz CT molecular complexity index is 1040. The zero-order valence-electron chi connectivity index (χ0n) is 12.9. The Morgan fingerprint density at radius 3 is 2.46 bits per heavy atom. The van der Waals surface area contributed by atoms with Crippen molar-refractivity contribution in [1.82, 2.24) is 3.97 Å². The van der Waals surface area contributed by atoms with Crippen LogP contribution in [0.25, 0.3) is 17.0 Å². The van der Waals surface area contributed by atoms with E-state index in [1.807, 2.05) is 6.92 Å². The Labute approximate surface area is 139 Å². The molecule has 0 amide bonds. The summed E-state index contributed by atoms with van der Waals surface area (Å²) < 4.78 is 26.9. The van der Waals surface area contributed by atoms with Gasteiger partial charge in [-0.05, 0) is 42.8 Å². The number of carboxylic acids is 1. The quantitative estimate of drug-likeness (QED) is 0.739. The van der Waals surface area contributed by atoms with Gasteiger partial charge in [-0.2, -0.15) is 0 Å². The molecule has 3 rings (SSSR count). The second-order valence-corrected chi connectivity index (χ2v) is 7.23. The van der Waals surface area contributed by atoms with Gasteiger partial charge in [0.2, 0.25) is 0 Å². The number of hydrogen-bond donors (Lipinski definition) is 1. The average molecular weight is 341 g/mol. The Morgan fingerprint density at radius 2 is 1.79 bits per heavy atom. The van der Waals surface area contributed by atoms with Crippen LogP contribution in [0.5, 0.6) is 0 Å². The van der Waals surface area contributed by atoms with Gasteiger partial charge < -0.3 is 5.11 Å². The van der Waals surface area contributed by atoms with E-state index >= 15 is 0 Å². The van der Waals surface area contributed by atoms with Crippen molar-refractivity contribution in [1.29, 1.82) is 0 Å². The highest BCUT2D eigenvalue weighted by Gasteiger charge is 2.18. The number of hydrogen-bond acceptors (Lipinski definition) is 3. The first-order valence-electron chi connectivity index (χ1n) is 7.22. The van der Waals surface area contributed by atoms with Crippen LogP contribution >= 0.6 is 0 Å². The minimum atomic E-state index is -3.71. The summed E-state index contributed by atoms with van der Waals surface area (Å²) in [7, 11) is -3.71. The maximum atomic E-state index is 12.8. The van der Waals surface area contributed by atoms with Gasteiger partial charge in [0.1, 0.15) is 0 Å². The standard InChI is InChI=1S/C18H15NO4S/c1-13-2-7-16(8-3-13)24(22,23)19-11-10-15-6-4-14(12-17(15)19)5-9-18(20)21/h2-12H,1H3,(H,20,21)/b9-5+. The molecule has 0 saturated heterocycles. The third kappa shape index (κ3) is 2.96. The van der Waals surface area contributed by atoms with Gasteiger partial charge in [0.15, 0.2) is 0 Å². The summed E-state index contributed by atoms with van der Waals surface area (Å²) in [5.74, 6) is -1.06. The van der Waals surface area contributed by atoms with Crippen molar-refractivity contribution in [3.8, 4) is 0 Å². The van der Waals surface area contributed by atoms with Crippen LogP contribution in [-0.4, -0.2) is 23.5 Å². The molecule has 0 atom stereocenters. The fourth-order valence-electron chi connectivity index (χ4n) is 2.43. The van der Waals surface area contributed by atoms with E-state index < -0.39 is 16.0 Å². The van der Waals surface area contributed by atoms with Crippen molar-refractivity contribution >= 4 is 33.0 Å². The highest BCUT2D eigenvalue weighted by Crippen LogP contribution is 2.24. The summed E-state index contributed by atoms with van der Waals surface area (Å²) in [4.78, 5) is 10.8. The number of benzene rings is 2. The monoisotopic (exact) mass is 341 g/mol. The number of aromatic nitrogens is 1. The summed E-state index contributed by atoms with van der Waals surface area (Å²) >= 11 is 0. The molecule has 0 aliphatic carbocycles. The molecule has 0 fully saturated rings. The number of nitrogens with zero attached hydrogens (tertiary/aromatic N) is 1. The lowest BCUT2D eigenvalue weighted by Crippen LogP contribution is -2.11. The molecule has 24 heavy (non-hydrogen) atoms. The van der Waals surface area contributed by atoms with Gasteiger partial charge in [0, 0.05) is 17.7 Å². The number of carbonyl (C=O) groups is 1. The third-order valence-electron chi connectivity index (χ3n) is 3.68. The van der Waals surface area contributed by atoms with Crippen LogP contribution in [-0.2, 0) is 14.8 Å². The van der Waals surface area contributed by atoms with Crippen LogP contribution in [0.4, 0.5) is 0 Å². The number of aliphatic carboxylic acids is 1. The maximum absolute atomic E-state index is 12.8. The van der Waals surface area contributed by atoms with Gasteiger partial charge in [0.05, 0.1) is 10.4 Å². The zero-order valence-corrected chi connectivity index (χ0v) is 13.7. The minimum absolute atomic E-state index is 0.206. The molecule has 5 nitrogen and oxygen atoms in total. The second kappa shape index (κ2) is 5.98. The molecule has 122 valence electrons. The Hall–Kier alpha value is -2.86. The fourth-order valence-corrected chi connectivity index (χ4v) is 3.77. The van der Waals surface area contributed by atoms with Crippen LogP contribution in [0.1, 0.15) is 11.1 Å². The summed E-state index contributed by atoms with van der Waals surface area (Å²) in [6, 6.07) is 13.5. The van der Waals surface area contributed by atoms with Gasteiger partial charge in [-0.25, -0.2) is 17.2 Å². The molecular weight excluding hydrogens is 326 g/mol. The molecule has 0 saturated carbocycles. The minimum Gasteiger partial charge on any atom is -0.478 e. The number of carboxylic acid groups (broad SMARTS) is 1. The van der Waals surface area contributed by atoms with Gasteiger partial charge in [0.25, 0.3) is 10.0 Å². The Kier molecular flexibility index (Phi) is 3.99. The Morgan fingerprint density at radius 1 is 1.08 bits per heavy atom. The van der Waals surface area contributed by atoms with Crippen molar-refractivity contribution in [2.75, 3.05) is 0 Å². The van der Waals surface area contributed by atoms with Crippen LogP contribution in [0.2, 0.25) is 0 Å². The number of fused-ring (bicyclic) bond motifs is 1. The van der Waals surface area contributed by atoms with E-state index in [0.717, 1.165) is 17.0 Å². The number of rotatable bonds is 4. The van der Waals surface area contributed by atoms with Gasteiger partial charge >= 0.3 is 5.97 Å². The van der Waals surface area contributed by atoms with E-state index in [0.29, 0.717) is 11.1 Å². The van der Waals surface area contributed by atoms with E-state index in [9.17, 15) is 13.2 Å². The maximum Gasteiger partial charge on any atom is 0.328 e. The van der Waals surface area contributed by atoms with Gasteiger partial charge in [-0.15, -0.1) is 0 Å². The molecule has 6 heteroatoms. The molecular formula is C18H15NO4S. The van der Waals surface area contributed by atoms with Crippen molar-refractivity contribution < 1.29 is 18.3 Å². The molecule has 0 radical (unpaired) electrons. The number of aryl methyl sites for hydroxylation is 1. The molecule has 0 unspecified atom stereocenters. The van der Waals surface area contributed by atoms with Crippen LogP contribution in [0.3, 0.4) is 0 Å². The summed E-state index contributed by atoms with van der Waals surface area (Å²) in [5.41, 5.74) is 2.10. The molecule has 0 aliphatic heterocycles. The van der Waals surface area contributed by atoms with Crippen molar-refractivity contribution in [3.05, 3.63) is 71.9 Å². The van der Waals surface area contributed by atoms with Crippen molar-refractivity contribution in [2.45, 2.75) is 11.8 Å². The van der Waals surface area contributed by atoms with Crippen LogP contribution in [0.15, 0.2) is 65.7 Å². The summed E-state index contributed by atoms with van der Waals surface area (Å²) in [6.07, 6.45) is 3.95. The summed E-state index contributed by atoms with van der Waals surface area (Å²) in [6.45, 7) is 1.89. The third-order valence-corrected chi connectivity index (χ3v) is 5.38. The van der Waals surface area contributed by atoms with Gasteiger partial charge in [-0.1, -0.05) is 29.8 Å². The molecule has 1 N–H and O–H groups in total. The normalized spacial score (nSPS) is 12.0. The predicted octanol–water partition coefficient (Wildman–Crippen LogP) is 3.28. The van der Waals surface area contributed by atoms with Gasteiger partial charge in [-0.3, -0.25) is 0 Å². The molecule has 0 bridgehead atoms. The van der Waals surface area contributed by atoms with E-state index in [2.05, 4.69) is 0 Å². The molecule has 0 aliphatic rings. The first-order valence-corrected chi connectivity index (χ1v) is 8.66. The van der Waals surface area contributed by atoms with E-state index in [-0.39, 0.29) is 4.90 Å². The second-order valence-electron chi connectivity index (χ2n) is 5.42. The summed E-state index contributed by atoms with van der Waals surface area (Å²) in [5, 5.41) is 9.48. The molecule has 2 aromatic carbocycles. The smallest absolute Gasteiger partial charge is 0.328 e. The SMILES string of the molecule is Cc1ccc(S(=O)(=O)n2ccc3ccc(/C=C/C(=O)O)cc32)cc1. The van der Waals surface area contributed by atoms with E-state index in [4.69, 9.17) is 5.11 Å². The largest absolute Gasteiger partial charge is 0.478 e. The van der Waals surface area contributed by atoms with E-state index in [1.54, 1.807) is 48.5 Å². The fraction of sp³-hybridized carbons (Fsp3) is 0.0556. The Balaban J connectivity index is 2.13. The average Bonchev–Trinajstić information content (AvgIpc) is 2.97. The lowest BCUT2D eigenvalue weighted by molar-refractivity contribution is -0.131. The first kappa shape index (κ1) is 16.0. The highest BCUT2D eigenvalue weighted by atomic mass is 32.2. The molecule has 1 aromatic heterocycles. The topological polar surface area (TPSA) is 76.4 Å². The lowest BCUT2D eigenvalue weighted by atomic mass is 10.1. The molecule has 3 aromatic rings. The molecule has 1 heterocycles. The van der Waals surface area contributed by atoms with Crippen molar-refractivity contribution in [3.63, 3.8) is 0 Å². The van der Waals surface area contributed by atoms with Crippen molar-refractivity contribution in [2.24, 2.45) is 0 Å². The first-order chi connectivity index (χ1) is 11.4. The lowest BCUT2D eigenvalue weighted by Gasteiger charge is -2.08. The predicted molar refractivity (Wildman–Crippen MR) is 92.4 cm³/mol. The molecule has 0 spiro atoms. The van der Waals surface area contributed by atoms with Crippen LogP contribution in [0, 0.1) is 6.92 Å². The van der Waals surface area contributed by atoms with E-state index in [1.165, 1.54) is 16.2 Å². The zero-order chi connectivity index (χ0) is 17.3. The highest BCUT2D eigenvalue weighted by molar-refractivity contribution is 7.90. The van der Waals surface area contributed by atoms with Crippen LogP contribution < -0.4 is 0 Å².